The van der Waals surface area contributed by atoms with Crippen LogP contribution in [0.4, 0.5) is 13.2 Å². The summed E-state index contributed by atoms with van der Waals surface area (Å²) in [6.45, 7) is 3.40. The molecule has 0 amide bonds. The van der Waals surface area contributed by atoms with Gasteiger partial charge in [0, 0.05) is 12.0 Å². The second-order valence-corrected chi connectivity index (χ2v) is 11.3. The van der Waals surface area contributed by atoms with Crippen LogP contribution in [-0.2, 0) is 22.8 Å². The Kier molecular flexibility index (Phi) is 13.3. The molecule has 240 valence electrons. The van der Waals surface area contributed by atoms with E-state index in [1.54, 1.807) is 12.1 Å². The molecule has 0 radical (unpaired) electrons. The van der Waals surface area contributed by atoms with Gasteiger partial charge in [0.15, 0.2) is 0 Å². The maximum atomic E-state index is 13.7. The predicted molar refractivity (Wildman–Crippen MR) is 176 cm³/mol. The number of hydrogen-bond acceptors (Lipinski definition) is 3. The zero-order valence-corrected chi connectivity index (χ0v) is 26.6. The SMILES string of the molecule is CCCC(C(=O)O)c1cccc(OCCCNCC(Cc2cccc(C(F)(F)F)c2Cl)(c2ccccc2)c2ccccc2)c1.Cl. The first kappa shape index (κ1) is 36.0. The van der Waals surface area contributed by atoms with Crippen LogP contribution in [0.1, 0.15) is 59.9 Å². The topological polar surface area (TPSA) is 58.6 Å². The van der Waals surface area contributed by atoms with E-state index in [4.69, 9.17) is 16.3 Å². The summed E-state index contributed by atoms with van der Waals surface area (Å²) in [5.74, 6) is -0.800. The van der Waals surface area contributed by atoms with Gasteiger partial charge in [-0.1, -0.05) is 110 Å². The summed E-state index contributed by atoms with van der Waals surface area (Å²) in [6, 6.07) is 30.8. The molecular formula is C36H38Cl2F3NO3. The quantitative estimate of drug-likeness (QED) is 0.125. The van der Waals surface area contributed by atoms with E-state index in [1.807, 2.05) is 85.8 Å². The Labute approximate surface area is 274 Å². The van der Waals surface area contributed by atoms with Gasteiger partial charge in [0.1, 0.15) is 5.75 Å². The van der Waals surface area contributed by atoms with Crippen LogP contribution in [0.25, 0.3) is 0 Å². The summed E-state index contributed by atoms with van der Waals surface area (Å²) in [4.78, 5) is 11.7. The van der Waals surface area contributed by atoms with Crippen LogP contribution < -0.4 is 10.1 Å². The third-order valence-corrected chi connectivity index (χ3v) is 8.30. The Hall–Kier alpha value is -3.52. The van der Waals surface area contributed by atoms with Gasteiger partial charge < -0.3 is 15.2 Å². The standard InChI is InChI=1S/C36H37ClF3NO3.ClH/c1-2-12-31(34(42)43)26-13-9-19-30(23-26)44-22-11-21-41-25-35(28-15-5-3-6-16-28,29-17-7-4-8-18-29)24-27-14-10-20-32(33(27)37)36(38,39)40;/h3-10,13-20,23,31,41H,2,11-12,21-22,24-25H2,1H3,(H,42,43);1H. The molecular weight excluding hydrogens is 622 g/mol. The maximum Gasteiger partial charge on any atom is 0.417 e. The van der Waals surface area contributed by atoms with Gasteiger partial charge in [-0.05, 0) is 66.3 Å². The maximum absolute atomic E-state index is 13.7. The number of rotatable bonds is 15. The van der Waals surface area contributed by atoms with Crippen LogP contribution in [0.15, 0.2) is 103 Å². The molecule has 0 heterocycles. The van der Waals surface area contributed by atoms with E-state index < -0.39 is 29.0 Å². The molecule has 1 atom stereocenters. The zero-order valence-electron chi connectivity index (χ0n) is 25.0. The van der Waals surface area contributed by atoms with Crippen molar-refractivity contribution in [2.75, 3.05) is 19.7 Å². The van der Waals surface area contributed by atoms with E-state index in [1.165, 1.54) is 6.07 Å². The van der Waals surface area contributed by atoms with Crippen molar-refractivity contribution in [3.8, 4) is 5.75 Å². The van der Waals surface area contributed by atoms with Gasteiger partial charge in [0.2, 0.25) is 0 Å². The molecule has 1 unspecified atom stereocenters. The monoisotopic (exact) mass is 659 g/mol. The fourth-order valence-electron chi connectivity index (χ4n) is 5.64. The first-order chi connectivity index (χ1) is 21.2. The number of ether oxygens (including phenoxy) is 1. The van der Waals surface area contributed by atoms with E-state index >= 15 is 0 Å². The van der Waals surface area contributed by atoms with E-state index in [9.17, 15) is 23.1 Å². The van der Waals surface area contributed by atoms with Gasteiger partial charge in [0.05, 0.1) is 23.1 Å². The minimum absolute atomic E-state index is 0. The van der Waals surface area contributed by atoms with E-state index in [0.29, 0.717) is 43.9 Å². The Bertz CT molecular complexity index is 1460. The molecule has 0 aliphatic rings. The second-order valence-electron chi connectivity index (χ2n) is 10.9. The Balaban J connectivity index is 0.00000552. The van der Waals surface area contributed by atoms with Crippen molar-refractivity contribution < 1.29 is 27.8 Å². The summed E-state index contributed by atoms with van der Waals surface area (Å²) in [5, 5.41) is 12.9. The van der Waals surface area contributed by atoms with Crippen molar-refractivity contribution in [3.63, 3.8) is 0 Å². The molecule has 0 saturated heterocycles. The minimum atomic E-state index is -4.56. The van der Waals surface area contributed by atoms with Crippen LogP contribution in [0, 0.1) is 0 Å². The Morgan fingerprint density at radius 2 is 1.53 bits per heavy atom. The second kappa shape index (κ2) is 16.7. The number of hydrogen-bond donors (Lipinski definition) is 2. The van der Waals surface area contributed by atoms with Crippen LogP contribution in [0.3, 0.4) is 0 Å². The lowest BCUT2D eigenvalue weighted by molar-refractivity contribution is -0.139. The smallest absolute Gasteiger partial charge is 0.417 e. The summed E-state index contributed by atoms with van der Waals surface area (Å²) in [7, 11) is 0. The molecule has 0 saturated carbocycles. The fraction of sp³-hybridized carbons (Fsp3) is 0.306. The van der Waals surface area contributed by atoms with E-state index in [0.717, 1.165) is 29.2 Å². The average Bonchev–Trinajstić information content (AvgIpc) is 3.02. The number of alkyl halides is 3. The lowest BCUT2D eigenvalue weighted by Gasteiger charge is -2.36. The first-order valence-corrected chi connectivity index (χ1v) is 15.2. The molecule has 4 aromatic carbocycles. The lowest BCUT2D eigenvalue weighted by Crippen LogP contribution is -2.42. The molecule has 0 spiro atoms. The summed E-state index contributed by atoms with van der Waals surface area (Å²) in [6.07, 6.45) is -2.33. The van der Waals surface area contributed by atoms with Crippen molar-refractivity contribution in [1.29, 1.82) is 0 Å². The predicted octanol–water partition coefficient (Wildman–Crippen LogP) is 9.34. The number of aliphatic carboxylic acids is 1. The van der Waals surface area contributed by atoms with Gasteiger partial charge in [0.25, 0.3) is 0 Å². The Morgan fingerprint density at radius 1 is 0.911 bits per heavy atom. The van der Waals surface area contributed by atoms with Crippen LogP contribution in [-0.4, -0.2) is 30.8 Å². The van der Waals surface area contributed by atoms with Crippen LogP contribution >= 0.6 is 24.0 Å². The fourth-order valence-corrected chi connectivity index (χ4v) is 5.94. The van der Waals surface area contributed by atoms with E-state index in [-0.39, 0.29) is 23.9 Å². The summed E-state index contributed by atoms with van der Waals surface area (Å²) >= 11 is 6.41. The number of benzene rings is 4. The van der Waals surface area contributed by atoms with Crippen molar-refractivity contribution in [3.05, 3.63) is 136 Å². The molecule has 4 rings (SSSR count). The molecule has 4 aromatic rings. The molecule has 4 nitrogen and oxygen atoms in total. The molecule has 0 fully saturated rings. The van der Waals surface area contributed by atoms with Gasteiger partial charge in [-0.25, -0.2) is 0 Å². The third kappa shape index (κ3) is 9.25. The summed E-state index contributed by atoms with van der Waals surface area (Å²) < 4.78 is 47.2. The average molecular weight is 661 g/mol. The number of nitrogens with one attached hydrogen (secondary N) is 1. The normalized spacial score (nSPS) is 12.3. The van der Waals surface area contributed by atoms with Crippen molar-refractivity contribution >= 4 is 30.0 Å². The Morgan fingerprint density at radius 3 is 2.11 bits per heavy atom. The highest BCUT2D eigenvalue weighted by Crippen LogP contribution is 2.41. The van der Waals surface area contributed by atoms with Crippen molar-refractivity contribution in [2.45, 2.75) is 50.1 Å². The third-order valence-electron chi connectivity index (χ3n) is 7.86. The van der Waals surface area contributed by atoms with Gasteiger partial charge in [-0.15, -0.1) is 12.4 Å². The first-order valence-electron chi connectivity index (χ1n) is 14.8. The number of carboxylic acid groups (broad SMARTS) is 1. The minimum Gasteiger partial charge on any atom is -0.494 e. The largest absolute Gasteiger partial charge is 0.494 e. The van der Waals surface area contributed by atoms with Crippen LogP contribution in [0.2, 0.25) is 5.02 Å². The van der Waals surface area contributed by atoms with Crippen molar-refractivity contribution in [2.24, 2.45) is 0 Å². The number of halogens is 5. The highest BCUT2D eigenvalue weighted by molar-refractivity contribution is 6.32. The van der Waals surface area contributed by atoms with Gasteiger partial charge in [-0.2, -0.15) is 13.2 Å². The highest BCUT2D eigenvalue weighted by atomic mass is 35.5. The molecule has 9 heteroatoms. The molecule has 0 aromatic heterocycles. The zero-order chi connectivity index (χ0) is 31.6. The van der Waals surface area contributed by atoms with Crippen LogP contribution in [0.5, 0.6) is 5.75 Å². The van der Waals surface area contributed by atoms with Gasteiger partial charge >= 0.3 is 12.1 Å². The molecule has 0 bridgehead atoms. The lowest BCUT2D eigenvalue weighted by atomic mass is 9.70. The van der Waals surface area contributed by atoms with E-state index in [2.05, 4.69) is 5.32 Å². The summed E-state index contributed by atoms with van der Waals surface area (Å²) in [5.41, 5.74) is 1.50. The molecule has 0 aliphatic heterocycles. The molecule has 45 heavy (non-hydrogen) atoms. The van der Waals surface area contributed by atoms with Gasteiger partial charge in [-0.3, -0.25) is 4.79 Å². The number of carbonyl (C=O) groups is 1. The molecule has 0 aliphatic carbocycles. The van der Waals surface area contributed by atoms with Crippen molar-refractivity contribution in [1.82, 2.24) is 5.32 Å². The molecule has 2 N–H and O–H groups in total. The highest BCUT2D eigenvalue weighted by Gasteiger charge is 2.38. The number of carboxylic acids is 1.